The number of aromatic nitrogens is 3. The fourth-order valence-electron chi connectivity index (χ4n) is 1.33. The van der Waals surface area contributed by atoms with Crippen LogP contribution in [0.2, 0.25) is 0 Å². The van der Waals surface area contributed by atoms with E-state index in [1.165, 1.54) is 0 Å². The Morgan fingerprint density at radius 3 is 2.47 bits per heavy atom. The van der Waals surface area contributed by atoms with Crippen LogP contribution in [0.1, 0.15) is 39.3 Å². The minimum Gasteiger partial charge on any atom is -0.317 e. The lowest BCUT2D eigenvalue weighted by Crippen LogP contribution is -2.18. The van der Waals surface area contributed by atoms with Gasteiger partial charge < -0.3 is 5.32 Å². The number of aryl methyl sites for hydroxylation is 1. The van der Waals surface area contributed by atoms with E-state index in [0.29, 0.717) is 0 Å². The van der Waals surface area contributed by atoms with Crippen LogP contribution in [0.25, 0.3) is 0 Å². The van der Waals surface area contributed by atoms with E-state index in [1.807, 2.05) is 11.7 Å². The van der Waals surface area contributed by atoms with E-state index in [0.717, 1.165) is 31.2 Å². The van der Waals surface area contributed by atoms with Gasteiger partial charge in [-0.25, -0.2) is 4.98 Å². The van der Waals surface area contributed by atoms with Crippen LogP contribution in [0.15, 0.2) is 0 Å². The molecule has 1 heterocycles. The Kier molecular flexibility index (Phi) is 3.85. The van der Waals surface area contributed by atoms with Gasteiger partial charge in [-0.1, -0.05) is 27.7 Å². The molecule has 0 fully saturated rings. The average Bonchev–Trinajstić information content (AvgIpc) is 2.48. The van der Waals surface area contributed by atoms with Gasteiger partial charge in [0.25, 0.3) is 0 Å². The van der Waals surface area contributed by atoms with E-state index in [4.69, 9.17) is 0 Å². The molecule has 1 aromatic heterocycles. The van der Waals surface area contributed by atoms with Crippen LogP contribution in [-0.4, -0.2) is 27.9 Å². The van der Waals surface area contributed by atoms with Crippen LogP contribution in [-0.2, 0) is 18.9 Å². The molecule has 0 saturated heterocycles. The van der Waals surface area contributed by atoms with Crippen molar-refractivity contribution in [2.75, 3.05) is 13.1 Å². The second-order valence-corrected chi connectivity index (χ2v) is 4.83. The van der Waals surface area contributed by atoms with Crippen LogP contribution >= 0.6 is 0 Å². The maximum atomic E-state index is 4.56. The summed E-state index contributed by atoms with van der Waals surface area (Å²) in [6, 6.07) is 0. The van der Waals surface area contributed by atoms with Gasteiger partial charge in [0, 0.05) is 25.4 Å². The van der Waals surface area contributed by atoms with Crippen molar-refractivity contribution < 1.29 is 0 Å². The van der Waals surface area contributed by atoms with Crippen molar-refractivity contribution in [3.05, 3.63) is 11.6 Å². The molecule has 0 aliphatic rings. The molecule has 4 nitrogen and oxygen atoms in total. The van der Waals surface area contributed by atoms with Crippen molar-refractivity contribution in [1.29, 1.82) is 0 Å². The lowest BCUT2D eigenvalue weighted by Gasteiger charge is -2.12. The zero-order valence-corrected chi connectivity index (χ0v) is 10.5. The predicted molar refractivity (Wildman–Crippen MR) is 62.0 cm³/mol. The second-order valence-electron chi connectivity index (χ2n) is 4.83. The van der Waals surface area contributed by atoms with Crippen molar-refractivity contribution in [2.24, 2.45) is 7.05 Å². The lowest BCUT2D eigenvalue weighted by atomic mass is 9.96. The van der Waals surface area contributed by atoms with Gasteiger partial charge >= 0.3 is 0 Å². The van der Waals surface area contributed by atoms with Crippen molar-refractivity contribution in [2.45, 2.75) is 39.5 Å². The van der Waals surface area contributed by atoms with Gasteiger partial charge in [0.15, 0.2) is 5.82 Å². The second kappa shape index (κ2) is 4.75. The molecule has 4 heteroatoms. The van der Waals surface area contributed by atoms with Gasteiger partial charge in [0.2, 0.25) is 0 Å². The van der Waals surface area contributed by atoms with Gasteiger partial charge in [-0.05, 0) is 6.54 Å². The first-order chi connectivity index (χ1) is 6.95. The number of likely N-dealkylation sites (N-methyl/N-ethyl adjacent to an activating group) is 1. The SMILES string of the molecule is CCNCCc1nc(C(C)(C)C)nn1C. The fourth-order valence-corrected chi connectivity index (χ4v) is 1.33. The van der Waals surface area contributed by atoms with Crippen molar-refractivity contribution in [3.63, 3.8) is 0 Å². The molecule has 1 rings (SSSR count). The van der Waals surface area contributed by atoms with Crippen molar-refractivity contribution >= 4 is 0 Å². The van der Waals surface area contributed by atoms with Crippen LogP contribution in [0, 0.1) is 0 Å². The topological polar surface area (TPSA) is 42.7 Å². The number of hydrogen-bond acceptors (Lipinski definition) is 3. The molecule has 86 valence electrons. The van der Waals surface area contributed by atoms with Gasteiger partial charge in [-0.15, -0.1) is 0 Å². The monoisotopic (exact) mass is 210 g/mol. The zero-order valence-electron chi connectivity index (χ0n) is 10.5. The molecule has 0 unspecified atom stereocenters. The first-order valence-corrected chi connectivity index (χ1v) is 5.56. The molecule has 1 aromatic rings. The first kappa shape index (κ1) is 12.2. The molecule has 0 spiro atoms. The third-order valence-corrected chi connectivity index (χ3v) is 2.30. The van der Waals surface area contributed by atoms with Gasteiger partial charge in [0.1, 0.15) is 5.82 Å². The summed E-state index contributed by atoms with van der Waals surface area (Å²) >= 11 is 0. The van der Waals surface area contributed by atoms with Crippen LogP contribution in [0.3, 0.4) is 0 Å². The molecule has 0 amide bonds. The quantitative estimate of drug-likeness (QED) is 0.761. The van der Waals surface area contributed by atoms with E-state index in [9.17, 15) is 0 Å². The Morgan fingerprint density at radius 2 is 2.00 bits per heavy atom. The molecule has 0 saturated carbocycles. The lowest BCUT2D eigenvalue weighted by molar-refractivity contribution is 0.538. The average molecular weight is 210 g/mol. The molecular weight excluding hydrogens is 188 g/mol. The summed E-state index contributed by atoms with van der Waals surface area (Å²) in [6.07, 6.45) is 0.938. The Balaban J connectivity index is 2.69. The van der Waals surface area contributed by atoms with Crippen LogP contribution in [0.5, 0.6) is 0 Å². The Hall–Kier alpha value is -0.900. The summed E-state index contributed by atoms with van der Waals surface area (Å²) in [6.45, 7) is 10.5. The van der Waals surface area contributed by atoms with Gasteiger partial charge in [-0.2, -0.15) is 5.10 Å². The molecule has 1 N–H and O–H groups in total. The van der Waals surface area contributed by atoms with E-state index >= 15 is 0 Å². The zero-order chi connectivity index (χ0) is 11.5. The Morgan fingerprint density at radius 1 is 1.33 bits per heavy atom. The number of rotatable bonds is 4. The Labute approximate surface area is 92.1 Å². The highest BCUT2D eigenvalue weighted by atomic mass is 15.3. The minimum atomic E-state index is 0.0359. The number of nitrogens with one attached hydrogen (secondary N) is 1. The third kappa shape index (κ3) is 3.30. The molecule has 0 aliphatic carbocycles. The number of hydrogen-bond donors (Lipinski definition) is 1. The smallest absolute Gasteiger partial charge is 0.156 e. The molecule has 0 aliphatic heterocycles. The molecule has 15 heavy (non-hydrogen) atoms. The molecular formula is C11H22N4. The molecule has 0 atom stereocenters. The largest absolute Gasteiger partial charge is 0.317 e. The minimum absolute atomic E-state index is 0.0359. The van der Waals surface area contributed by atoms with E-state index < -0.39 is 0 Å². The molecule has 0 aromatic carbocycles. The first-order valence-electron chi connectivity index (χ1n) is 5.56. The normalized spacial score (nSPS) is 12.1. The third-order valence-electron chi connectivity index (χ3n) is 2.30. The van der Waals surface area contributed by atoms with Crippen LogP contribution < -0.4 is 5.32 Å². The van der Waals surface area contributed by atoms with E-state index in [2.05, 4.69) is 43.1 Å². The van der Waals surface area contributed by atoms with Crippen molar-refractivity contribution in [1.82, 2.24) is 20.1 Å². The predicted octanol–water partition coefficient (Wildman–Crippen LogP) is 1.26. The van der Waals surface area contributed by atoms with Crippen molar-refractivity contribution in [3.8, 4) is 0 Å². The summed E-state index contributed by atoms with van der Waals surface area (Å²) in [5, 5.41) is 7.73. The van der Waals surface area contributed by atoms with E-state index in [-0.39, 0.29) is 5.41 Å². The summed E-state index contributed by atoms with van der Waals surface area (Å²) < 4.78 is 1.89. The molecule has 0 bridgehead atoms. The highest BCUT2D eigenvalue weighted by molar-refractivity contribution is 5.03. The standard InChI is InChI=1S/C11H22N4/c1-6-12-8-7-9-13-10(11(2,3)4)14-15(9)5/h12H,6-8H2,1-5H3. The maximum absolute atomic E-state index is 4.56. The summed E-state index contributed by atoms with van der Waals surface area (Å²) in [7, 11) is 1.96. The summed E-state index contributed by atoms with van der Waals surface area (Å²) in [5.41, 5.74) is 0.0359. The van der Waals surface area contributed by atoms with Crippen LogP contribution in [0.4, 0.5) is 0 Å². The highest BCUT2D eigenvalue weighted by Gasteiger charge is 2.20. The summed E-state index contributed by atoms with van der Waals surface area (Å²) in [5.74, 6) is 1.98. The highest BCUT2D eigenvalue weighted by Crippen LogP contribution is 2.18. The fraction of sp³-hybridized carbons (Fsp3) is 0.818. The number of nitrogens with zero attached hydrogens (tertiary/aromatic N) is 3. The van der Waals surface area contributed by atoms with E-state index in [1.54, 1.807) is 0 Å². The summed E-state index contributed by atoms with van der Waals surface area (Å²) in [4.78, 5) is 4.56. The Bertz CT molecular complexity index is 309. The molecule has 0 radical (unpaired) electrons. The van der Waals surface area contributed by atoms with Gasteiger partial charge in [-0.3, -0.25) is 4.68 Å². The van der Waals surface area contributed by atoms with Gasteiger partial charge in [0.05, 0.1) is 0 Å². The maximum Gasteiger partial charge on any atom is 0.156 e.